The summed E-state index contributed by atoms with van der Waals surface area (Å²) < 4.78 is 35.9. The van der Waals surface area contributed by atoms with E-state index in [9.17, 15) is 27.9 Å². The average Bonchev–Trinajstić information content (AvgIpc) is 2.75. The van der Waals surface area contributed by atoms with Crippen LogP contribution in [0.15, 0.2) is 43.1 Å². The SMILES string of the molecule is CCOC(=O)CCCn1c(O)c(C2=NS(=O)(=O)c3ccccc3N2)c(=O)n(CCC(C)C)c1=O. The molecule has 2 heterocycles. The number of ether oxygens (including phenoxy) is 1. The van der Waals surface area contributed by atoms with Gasteiger partial charge in [-0.2, -0.15) is 8.42 Å². The minimum absolute atomic E-state index is 0.00112. The molecular formula is C22H28N4O7S. The quantitative estimate of drug-likeness (QED) is 0.502. The van der Waals surface area contributed by atoms with Gasteiger partial charge in [0.15, 0.2) is 5.84 Å². The van der Waals surface area contributed by atoms with Gasteiger partial charge in [0.1, 0.15) is 10.5 Å². The summed E-state index contributed by atoms with van der Waals surface area (Å²) in [5.74, 6) is -1.37. The van der Waals surface area contributed by atoms with Crippen LogP contribution in [-0.4, -0.2) is 41.1 Å². The van der Waals surface area contributed by atoms with E-state index < -0.39 is 38.7 Å². The van der Waals surface area contributed by atoms with Crippen LogP contribution >= 0.6 is 0 Å². The van der Waals surface area contributed by atoms with Crippen LogP contribution in [0, 0.1) is 5.92 Å². The van der Waals surface area contributed by atoms with Crippen LogP contribution in [0.1, 0.15) is 45.6 Å². The minimum atomic E-state index is -4.15. The molecule has 0 saturated carbocycles. The molecule has 0 saturated heterocycles. The fraction of sp³-hybridized carbons (Fsp3) is 0.455. The Kier molecular flexibility index (Phi) is 7.60. The number of anilines is 1. The van der Waals surface area contributed by atoms with E-state index in [0.717, 1.165) is 9.13 Å². The predicted octanol–water partition coefficient (Wildman–Crippen LogP) is 1.67. The highest BCUT2D eigenvalue weighted by Gasteiger charge is 2.30. The lowest BCUT2D eigenvalue weighted by Gasteiger charge is -2.21. The number of benzene rings is 1. The van der Waals surface area contributed by atoms with Gasteiger partial charge in [-0.3, -0.25) is 18.7 Å². The predicted molar refractivity (Wildman–Crippen MR) is 126 cm³/mol. The number of para-hydroxylation sites is 1. The van der Waals surface area contributed by atoms with E-state index in [0.29, 0.717) is 6.42 Å². The number of aromatic nitrogens is 2. The number of aromatic hydroxyl groups is 1. The maximum absolute atomic E-state index is 13.3. The van der Waals surface area contributed by atoms with Crippen LogP contribution in [0.25, 0.3) is 0 Å². The molecule has 184 valence electrons. The lowest BCUT2D eigenvalue weighted by molar-refractivity contribution is -0.143. The summed E-state index contributed by atoms with van der Waals surface area (Å²) >= 11 is 0. The first kappa shape index (κ1) is 25.2. The fourth-order valence-corrected chi connectivity index (χ4v) is 4.64. The van der Waals surface area contributed by atoms with Crippen LogP contribution in [0.3, 0.4) is 0 Å². The Bertz CT molecular complexity index is 1340. The molecule has 1 aliphatic rings. The number of hydrogen-bond acceptors (Lipinski definition) is 8. The number of amidine groups is 1. The Balaban J connectivity index is 2.12. The van der Waals surface area contributed by atoms with Gasteiger partial charge in [-0.05, 0) is 37.8 Å². The summed E-state index contributed by atoms with van der Waals surface area (Å²) in [6, 6.07) is 6.03. The monoisotopic (exact) mass is 492 g/mol. The lowest BCUT2D eigenvalue weighted by atomic mass is 10.1. The summed E-state index contributed by atoms with van der Waals surface area (Å²) in [7, 11) is -4.15. The number of carbonyl (C=O) groups excluding carboxylic acids is 1. The van der Waals surface area contributed by atoms with Crippen LogP contribution in [0.5, 0.6) is 5.88 Å². The molecule has 1 aromatic heterocycles. The molecule has 2 aromatic rings. The van der Waals surface area contributed by atoms with Gasteiger partial charge in [0.2, 0.25) is 5.88 Å². The molecule has 0 amide bonds. The second-order valence-electron chi connectivity index (χ2n) is 8.22. The van der Waals surface area contributed by atoms with Crippen molar-refractivity contribution in [2.75, 3.05) is 11.9 Å². The molecule has 0 fully saturated rings. The third-order valence-corrected chi connectivity index (χ3v) is 6.60. The number of esters is 1. The highest BCUT2D eigenvalue weighted by Crippen LogP contribution is 2.29. The molecule has 1 aromatic carbocycles. The van der Waals surface area contributed by atoms with E-state index in [2.05, 4.69) is 9.71 Å². The second kappa shape index (κ2) is 10.2. The molecule has 2 N–H and O–H groups in total. The van der Waals surface area contributed by atoms with Crippen molar-refractivity contribution in [3.63, 3.8) is 0 Å². The van der Waals surface area contributed by atoms with Crippen LogP contribution in [-0.2, 0) is 32.6 Å². The molecule has 1 aliphatic heterocycles. The van der Waals surface area contributed by atoms with Gasteiger partial charge in [0.25, 0.3) is 15.6 Å². The van der Waals surface area contributed by atoms with E-state index in [-0.39, 0.29) is 54.9 Å². The molecule has 0 unspecified atom stereocenters. The Morgan fingerprint density at radius 1 is 1.18 bits per heavy atom. The van der Waals surface area contributed by atoms with Crippen molar-refractivity contribution >= 4 is 27.5 Å². The summed E-state index contributed by atoms with van der Waals surface area (Å²) in [6.45, 7) is 5.73. The van der Waals surface area contributed by atoms with Gasteiger partial charge in [-0.25, -0.2) is 4.79 Å². The molecule has 3 rings (SSSR count). The van der Waals surface area contributed by atoms with Gasteiger partial charge in [0, 0.05) is 19.5 Å². The van der Waals surface area contributed by atoms with E-state index in [4.69, 9.17) is 4.74 Å². The maximum Gasteiger partial charge on any atom is 0.333 e. The van der Waals surface area contributed by atoms with E-state index >= 15 is 0 Å². The van der Waals surface area contributed by atoms with Gasteiger partial charge in [0.05, 0.1) is 12.3 Å². The van der Waals surface area contributed by atoms with E-state index in [1.54, 1.807) is 19.1 Å². The zero-order valence-electron chi connectivity index (χ0n) is 19.3. The number of hydrogen-bond donors (Lipinski definition) is 2. The fourth-order valence-electron chi connectivity index (χ4n) is 3.52. The number of nitrogens with one attached hydrogen (secondary N) is 1. The molecule has 0 spiro atoms. The standard InChI is InChI=1S/C22H28N4O7S/c1-4-33-17(27)10-7-12-25-20(28)18(21(29)26(22(25)30)13-11-14(2)3)19-23-15-8-5-6-9-16(15)34(31,32)24-19/h5-6,8-9,14,28H,4,7,10-13H2,1-3H3,(H,23,24). The molecule has 12 heteroatoms. The highest BCUT2D eigenvalue weighted by atomic mass is 32.2. The first-order chi connectivity index (χ1) is 16.1. The molecule has 0 bridgehead atoms. The van der Waals surface area contributed by atoms with Crippen molar-refractivity contribution < 1.29 is 23.1 Å². The Morgan fingerprint density at radius 2 is 1.88 bits per heavy atom. The number of rotatable bonds is 9. The zero-order chi connectivity index (χ0) is 25.0. The first-order valence-electron chi connectivity index (χ1n) is 11.0. The zero-order valence-corrected chi connectivity index (χ0v) is 20.1. The van der Waals surface area contributed by atoms with Crippen molar-refractivity contribution in [2.24, 2.45) is 10.3 Å². The molecule has 0 aliphatic carbocycles. The van der Waals surface area contributed by atoms with E-state index in [1.807, 2.05) is 13.8 Å². The molecular weight excluding hydrogens is 464 g/mol. The minimum Gasteiger partial charge on any atom is -0.494 e. The van der Waals surface area contributed by atoms with Crippen molar-refractivity contribution in [3.05, 3.63) is 50.7 Å². The summed E-state index contributed by atoms with van der Waals surface area (Å²) in [6.07, 6.45) is 0.666. The molecule has 0 radical (unpaired) electrons. The van der Waals surface area contributed by atoms with Crippen molar-refractivity contribution in [2.45, 2.75) is 58.0 Å². The summed E-state index contributed by atoms with van der Waals surface area (Å²) in [4.78, 5) is 37.9. The largest absolute Gasteiger partial charge is 0.494 e. The molecule has 34 heavy (non-hydrogen) atoms. The first-order valence-corrected chi connectivity index (χ1v) is 12.4. The number of nitrogens with zero attached hydrogens (tertiary/aromatic N) is 3. The Labute approximate surface area is 196 Å². The summed E-state index contributed by atoms with van der Waals surface area (Å²) in [5, 5.41) is 13.7. The van der Waals surface area contributed by atoms with Gasteiger partial charge in [-0.1, -0.05) is 26.0 Å². The van der Waals surface area contributed by atoms with Gasteiger partial charge < -0.3 is 15.2 Å². The van der Waals surface area contributed by atoms with Crippen molar-refractivity contribution in [1.82, 2.24) is 9.13 Å². The lowest BCUT2D eigenvalue weighted by Crippen LogP contribution is -2.44. The van der Waals surface area contributed by atoms with Gasteiger partial charge in [-0.15, -0.1) is 4.40 Å². The number of fused-ring (bicyclic) bond motifs is 1. The third-order valence-electron chi connectivity index (χ3n) is 5.26. The van der Waals surface area contributed by atoms with Crippen LogP contribution in [0.4, 0.5) is 5.69 Å². The Morgan fingerprint density at radius 3 is 2.56 bits per heavy atom. The normalized spacial score (nSPS) is 14.3. The third kappa shape index (κ3) is 5.22. The summed E-state index contributed by atoms with van der Waals surface area (Å²) in [5.41, 5.74) is -1.85. The van der Waals surface area contributed by atoms with Crippen LogP contribution in [0.2, 0.25) is 0 Å². The van der Waals surface area contributed by atoms with Gasteiger partial charge >= 0.3 is 11.7 Å². The van der Waals surface area contributed by atoms with E-state index in [1.165, 1.54) is 12.1 Å². The molecule has 0 atom stereocenters. The molecule has 11 nitrogen and oxygen atoms in total. The average molecular weight is 493 g/mol. The van der Waals surface area contributed by atoms with Crippen molar-refractivity contribution in [1.29, 1.82) is 0 Å². The second-order valence-corrected chi connectivity index (χ2v) is 9.79. The topological polar surface area (TPSA) is 149 Å². The van der Waals surface area contributed by atoms with Crippen molar-refractivity contribution in [3.8, 4) is 5.88 Å². The number of carbonyl (C=O) groups is 1. The highest BCUT2D eigenvalue weighted by molar-refractivity contribution is 7.90. The van der Waals surface area contributed by atoms with Crippen LogP contribution < -0.4 is 16.6 Å². The Hall–Kier alpha value is -3.41. The number of sulfonamides is 1. The smallest absolute Gasteiger partial charge is 0.333 e. The maximum atomic E-state index is 13.3.